The molecule has 2 N–H and O–H groups in total. The number of nitrogens with zero attached hydrogens (tertiary/aromatic N) is 3. The Balaban J connectivity index is 1.36. The molecule has 0 unspecified atom stereocenters. The topological polar surface area (TPSA) is 75.1 Å². The largest absolute Gasteiger partial charge is 0.352 e. The molecular weight excluding hydrogens is 322 g/mol. The Morgan fingerprint density at radius 3 is 3.08 bits per heavy atom. The van der Waals surface area contributed by atoms with E-state index in [9.17, 15) is 4.79 Å². The van der Waals surface area contributed by atoms with Gasteiger partial charge < -0.3 is 5.32 Å². The van der Waals surface area contributed by atoms with Gasteiger partial charge in [-0.2, -0.15) is 5.10 Å². The lowest BCUT2D eigenvalue weighted by Gasteiger charge is -2.21. The number of rotatable bonds is 5. The van der Waals surface area contributed by atoms with Crippen molar-refractivity contribution in [3.63, 3.8) is 0 Å². The van der Waals surface area contributed by atoms with Crippen LogP contribution < -0.4 is 5.32 Å². The van der Waals surface area contributed by atoms with Crippen molar-refractivity contribution in [1.82, 2.24) is 24.9 Å². The molecule has 1 aliphatic rings. The first-order valence-electron chi connectivity index (χ1n) is 8.54. The van der Waals surface area contributed by atoms with Crippen molar-refractivity contribution in [2.75, 3.05) is 6.54 Å². The minimum Gasteiger partial charge on any atom is -0.352 e. The van der Waals surface area contributed by atoms with Crippen LogP contribution in [0.25, 0.3) is 4.96 Å². The van der Waals surface area contributed by atoms with E-state index in [1.807, 2.05) is 22.2 Å². The maximum Gasteiger partial charge on any atom is 0.254 e. The summed E-state index contributed by atoms with van der Waals surface area (Å²) in [7, 11) is 0. The lowest BCUT2D eigenvalue weighted by molar-refractivity contribution is 0.0952. The molecule has 3 heterocycles. The molecule has 7 heteroatoms. The molecule has 1 aliphatic carbocycles. The van der Waals surface area contributed by atoms with Crippen molar-refractivity contribution >= 4 is 22.2 Å². The van der Waals surface area contributed by atoms with Gasteiger partial charge in [0.15, 0.2) is 4.96 Å². The Kier molecular flexibility index (Phi) is 4.34. The number of aromatic nitrogens is 4. The minimum atomic E-state index is -0.0367. The van der Waals surface area contributed by atoms with Gasteiger partial charge in [0, 0.05) is 36.7 Å². The van der Waals surface area contributed by atoms with Crippen LogP contribution in [0.3, 0.4) is 0 Å². The average molecular weight is 343 g/mol. The molecule has 0 spiro atoms. The first kappa shape index (κ1) is 15.4. The van der Waals surface area contributed by atoms with Gasteiger partial charge in [-0.15, -0.1) is 11.3 Å². The number of nitrogens with one attached hydrogen (secondary N) is 2. The Morgan fingerprint density at radius 1 is 1.38 bits per heavy atom. The summed E-state index contributed by atoms with van der Waals surface area (Å²) in [6.07, 6.45) is 12.5. The standard InChI is InChI=1S/C17H21N5OS/c23-16(14-10-19-21-15(14)12-4-2-1-3-5-12)18-7-6-13-11-22-8-9-24-17(22)20-13/h8-12H,1-7H2,(H,18,23)(H,19,21). The van der Waals surface area contributed by atoms with Crippen LogP contribution in [0.4, 0.5) is 0 Å². The van der Waals surface area contributed by atoms with Crippen LogP contribution in [-0.2, 0) is 6.42 Å². The predicted molar refractivity (Wildman–Crippen MR) is 93.5 cm³/mol. The van der Waals surface area contributed by atoms with Gasteiger partial charge in [0.1, 0.15) is 0 Å². The quantitative estimate of drug-likeness (QED) is 0.747. The smallest absolute Gasteiger partial charge is 0.254 e. The third-order valence-electron chi connectivity index (χ3n) is 4.74. The maximum atomic E-state index is 12.5. The molecule has 0 aromatic carbocycles. The SMILES string of the molecule is O=C(NCCc1cn2ccsc2n1)c1cn[nH]c1C1CCCCC1. The summed E-state index contributed by atoms with van der Waals surface area (Å²) in [5.41, 5.74) is 2.71. The average Bonchev–Trinajstić information content (AvgIpc) is 3.31. The lowest BCUT2D eigenvalue weighted by atomic mass is 9.85. The number of thiazole rings is 1. The Morgan fingerprint density at radius 2 is 2.25 bits per heavy atom. The molecule has 1 fully saturated rings. The first-order valence-corrected chi connectivity index (χ1v) is 9.42. The third kappa shape index (κ3) is 3.08. The van der Waals surface area contributed by atoms with Crippen molar-refractivity contribution in [3.8, 4) is 0 Å². The number of amides is 1. The van der Waals surface area contributed by atoms with Crippen LogP contribution in [0.2, 0.25) is 0 Å². The Hall–Kier alpha value is -2.15. The second kappa shape index (κ2) is 6.76. The number of fused-ring (bicyclic) bond motifs is 1. The molecule has 6 nitrogen and oxygen atoms in total. The number of hydrogen-bond acceptors (Lipinski definition) is 4. The minimum absolute atomic E-state index is 0.0367. The van der Waals surface area contributed by atoms with E-state index in [1.165, 1.54) is 19.3 Å². The normalized spacial score (nSPS) is 15.8. The zero-order valence-corrected chi connectivity index (χ0v) is 14.3. The van der Waals surface area contributed by atoms with Gasteiger partial charge in [0.05, 0.1) is 23.1 Å². The van der Waals surface area contributed by atoms with Gasteiger partial charge in [-0.3, -0.25) is 14.3 Å². The highest BCUT2D eigenvalue weighted by atomic mass is 32.1. The van der Waals surface area contributed by atoms with Gasteiger partial charge in [0.2, 0.25) is 0 Å². The Labute approximate surface area is 144 Å². The fourth-order valence-corrected chi connectivity index (χ4v) is 4.19. The summed E-state index contributed by atoms with van der Waals surface area (Å²) in [4.78, 5) is 18.0. The molecule has 3 aromatic heterocycles. The van der Waals surface area contributed by atoms with Crippen LogP contribution in [0.5, 0.6) is 0 Å². The van der Waals surface area contributed by atoms with E-state index in [0.29, 0.717) is 18.0 Å². The molecule has 126 valence electrons. The number of carbonyl (C=O) groups excluding carboxylic acids is 1. The molecular formula is C17H21N5OS. The molecule has 0 atom stereocenters. The predicted octanol–water partition coefficient (Wildman–Crippen LogP) is 3.14. The number of imidazole rings is 1. The summed E-state index contributed by atoms with van der Waals surface area (Å²) >= 11 is 1.62. The molecule has 1 saturated carbocycles. The number of hydrogen-bond donors (Lipinski definition) is 2. The molecule has 1 amide bonds. The molecule has 24 heavy (non-hydrogen) atoms. The molecule has 0 bridgehead atoms. The van der Waals surface area contributed by atoms with E-state index < -0.39 is 0 Å². The van der Waals surface area contributed by atoms with Crippen molar-refractivity contribution in [1.29, 1.82) is 0 Å². The highest BCUT2D eigenvalue weighted by Gasteiger charge is 2.23. The van der Waals surface area contributed by atoms with E-state index in [1.54, 1.807) is 17.5 Å². The molecule has 0 radical (unpaired) electrons. The summed E-state index contributed by atoms with van der Waals surface area (Å²) in [5.74, 6) is 0.410. The first-order chi connectivity index (χ1) is 11.8. The molecule has 4 rings (SSSR count). The third-order valence-corrected chi connectivity index (χ3v) is 5.51. The van der Waals surface area contributed by atoms with Gasteiger partial charge in [-0.25, -0.2) is 4.98 Å². The number of H-pyrrole nitrogens is 1. The summed E-state index contributed by atoms with van der Waals surface area (Å²) in [6.45, 7) is 0.582. The fraction of sp³-hybridized carbons (Fsp3) is 0.471. The van der Waals surface area contributed by atoms with Crippen LogP contribution in [0.1, 0.15) is 59.8 Å². The van der Waals surface area contributed by atoms with E-state index in [-0.39, 0.29) is 5.91 Å². The van der Waals surface area contributed by atoms with Crippen LogP contribution in [0.15, 0.2) is 24.0 Å². The maximum absolute atomic E-state index is 12.5. The summed E-state index contributed by atoms with van der Waals surface area (Å²) < 4.78 is 2.01. The van der Waals surface area contributed by atoms with E-state index in [0.717, 1.165) is 35.6 Å². The zero-order valence-electron chi connectivity index (χ0n) is 13.5. The fourth-order valence-electron chi connectivity index (χ4n) is 3.48. The van der Waals surface area contributed by atoms with Crippen LogP contribution >= 0.6 is 11.3 Å². The zero-order chi connectivity index (χ0) is 16.4. The highest BCUT2D eigenvalue weighted by molar-refractivity contribution is 7.15. The second-order valence-corrected chi connectivity index (χ2v) is 7.24. The van der Waals surface area contributed by atoms with Crippen LogP contribution in [-0.4, -0.2) is 32.0 Å². The number of carbonyl (C=O) groups is 1. The summed E-state index contributed by atoms with van der Waals surface area (Å²) in [6, 6.07) is 0. The summed E-state index contributed by atoms with van der Waals surface area (Å²) in [5, 5.41) is 12.2. The molecule has 0 saturated heterocycles. The van der Waals surface area contributed by atoms with E-state index in [4.69, 9.17) is 0 Å². The Bertz CT molecular complexity index is 798. The number of aromatic amines is 1. The second-order valence-electron chi connectivity index (χ2n) is 6.36. The van der Waals surface area contributed by atoms with Gasteiger partial charge in [-0.05, 0) is 12.8 Å². The monoisotopic (exact) mass is 343 g/mol. The van der Waals surface area contributed by atoms with Crippen molar-refractivity contribution in [2.24, 2.45) is 0 Å². The van der Waals surface area contributed by atoms with E-state index >= 15 is 0 Å². The highest BCUT2D eigenvalue weighted by Crippen LogP contribution is 2.33. The van der Waals surface area contributed by atoms with E-state index in [2.05, 4.69) is 20.5 Å². The molecule has 0 aliphatic heterocycles. The molecule has 3 aromatic rings. The van der Waals surface area contributed by atoms with Gasteiger partial charge in [0.25, 0.3) is 5.91 Å². The van der Waals surface area contributed by atoms with Crippen molar-refractivity contribution in [2.45, 2.75) is 44.4 Å². The van der Waals surface area contributed by atoms with Crippen molar-refractivity contribution in [3.05, 3.63) is 40.9 Å². The lowest BCUT2D eigenvalue weighted by Crippen LogP contribution is -2.27. The van der Waals surface area contributed by atoms with Gasteiger partial charge >= 0.3 is 0 Å². The van der Waals surface area contributed by atoms with Crippen molar-refractivity contribution < 1.29 is 4.79 Å². The van der Waals surface area contributed by atoms with Gasteiger partial charge in [-0.1, -0.05) is 19.3 Å². The van der Waals surface area contributed by atoms with Crippen LogP contribution in [0, 0.1) is 0 Å².